The summed E-state index contributed by atoms with van der Waals surface area (Å²) in [5, 5.41) is 2.00. The van der Waals surface area contributed by atoms with Gasteiger partial charge in [0.15, 0.2) is 0 Å². The minimum Gasteiger partial charge on any atom is -0.472 e. The Morgan fingerprint density at radius 3 is 2.89 bits per heavy atom. The molecule has 5 heteroatoms. The summed E-state index contributed by atoms with van der Waals surface area (Å²) in [6.07, 6.45) is 1.46. The number of hydrogen-bond donors (Lipinski definition) is 0. The number of thiophene rings is 1. The topological polar surface area (TPSA) is 48.4 Å². The zero-order valence-electron chi connectivity index (χ0n) is 9.96. The van der Waals surface area contributed by atoms with Gasteiger partial charge in [-0.1, -0.05) is 6.07 Å². The predicted molar refractivity (Wildman–Crippen MR) is 68.8 cm³/mol. The van der Waals surface area contributed by atoms with Gasteiger partial charge in [0, 0.05) is 17.1 Å². The predicted octanol–water partition coefficient (Wildman–Crippen LogP) is 2.90. The molecule has 0 spiro atoms. The highest BCUT2D eigenvalue weighted by Gasteiger charge is 2.07. The third-order valence-electron chi connectivity index (χ3n) is 2.19. The van der Waals surface area contributed by atoms with E-state index in [4.69, 9.17) is 9.47 Å². The number of rotatable bonds is 5. The van der Waals surface area contributed by atoms with Crippen molar-refractivity contribution in [2.24, 2.45) is 0 Å². The summed E-state index contributed by atoms with van der Waals surface area (Å²) in [4.78, 5) is 16.6. The Kier molecular flexibility index (Phi) is 4.30. The molecule has 0 aromatic carbocycles. The maximum Gasteiger partial charge on any atom is 0.339 e. The second-order valence-corrected chi connectivity index (χ2v) is 4.51. The molecule has 0 aliphatic carbocycles. The molecule has 94 valence electrons. The van der Waals surface area contributed by atoms with Gasteiger partial charge < -0.3 is 9.47 Å². The third-order valence-corrected chi connectivity index (χ3v) is 3.04. The maximum absolute atomic E-state index is 11.4. The van der Waals surface area contributed by atoms with Crippen LogP contribution in [0.5, 0.6) is 5.88 Å². The van der Waals surface area contributed by atoms with E-state index < -0.39 is 0 Å². The molecule has 2 aromatic heterocycles. The Labute approximate surface area is 109 Å². The first-order valence-electron chi connectivity index (χ1n) is 5.58. The van der Waals surface area contributed by atoms with E-state index in [0.29, 0.717) is 24.7 Å². The lowest BCUT2D eigenvalue weighted by Crippen LogP contribution is -2.05. The molecule has 0 aliphatic rings. The fourth-order valence-corrected chi connectivity index (χ4v) is 1.96. The van der Waals surface area contributed by atoms with Crippen molar-refractivity contribution in [1.82, 2.24) is 4.98 Å². The number of pyridine rings is 1. The van der Waals surface area contributed by atoms with Crippen molar-refractivity contribution in [3.8, 4) is 5.88 Å². The number of ether oxygens (including phenoxy) is 2. The normalized spacial score (nSPS) is 10.1. The number of carbonyl (C=O) groups is 1. The molecule has 2 rings (SSSR count). The van der Waals surface area contributed by atoms with Gasteiger partial charge in [0.25, 0.3) is 0 Å². The summed E-state index contributed by atoms with van der Waals surface area (Å²) in [6, 6.07) is 7.28. The van der Waals surface area contributed by atoms with Crippen LogP contribution in [-0.4, -0.2) is 17.6 Å². The molecule has 0 atom stereocenters. The summed E-state index contributed by atoms with van der Waals surface area (Å²) in [5.74, 6) is 0.131. The Hall–Kier alpha value is -1.88. The second kappa shape index (κ2) is 6.16. The van der Waals surface area contributed by atoms with Gasteiger partial charge in [0.05, 0.1) is 12.2 Å². The van der Waals surface area contributed by atoms with Crippen molar-refractivity contribution in [3.05, 3.63) is 46.3 Å². The van der Waals surface area contributed by atoms with Gasteiger partial charge in [-0.15, -0.1) is 11.3 Å². The van der Waals surface area contributed by atoms with Crippen molar-refractivity contribution in [2.45, 2.75) is 13.5 Å². The van der Waals surface area contributed by atoms with Crippen LogP contribution in [0, 0.1) is 0 Å². The van der Waals surface area contributed by atoms with Crippen molar-refractivity contribution in [1.29, 1.82) is 0 Å². The van der Waals surface area contributed by atoms with Gasteiger partial charge in [-0.25, -0.2) is 9.78 Å². The van der Waals surface area contributed by atoms with E-state index in [1.54, 1.807) is 30.4 Å². The van der Waals surface area contributed by atoms with E-state index in [2.05, 4.69) is 4.98 Å². The molecule has 4 nitrogen and oxygen atoms in total. The number of nitrogens with zero attached hydrogens (tertiary/aromatic N) is 1. The van der Waals surface area contributed by atoms with Crippen LogP contribution in [0.25, 0.3) is 0 Å². The lowest BCUT2D eigenvalue weighted by molar-refractivity contribution is 0.0526. The largest absolute Gasteiger partial charge is 0.472 e. The Bertz CT molecular complexity index is 493. The van der Waals surface area contributed by atoms with Crippen LogP contribution < -0.4 is 4.74 Å². The Morgan fingerprint density at radius 2 is 2.28 bits per heavy atom. The molecule has 0 radical (unpaired) electrons. The molecule has 0 N–H and O–H groups in total. The van der Waals surface area contributed by atoms with Crippen molar-refractivity contribution in [3.63, 3.8) is 0 Å². The van der Waals surface area contributed by atoms with E-state index in [9.17, 15) is 4.79 Å². The highest BCUT2D eigenvalue weighted by Crippen LogP contribution is 2.14. The highest BCUT2D eigenvalue weighted by molar-refractivity contribution is 7.09. The Balaban J connectivity index is 1.93. The van der Waals surface area contributed by atoms with Crippen LogP contribution in [0.3, 0.4) is 0 Å². The lowest BCUT2D eigenvalue weighted by atomic mass is 10.3. The first-order chi connectivity index (χ1) is 8.79. The molecule has 0 amide bonds. The van der Waals surface area contributed by atoms with E-state index in [1.165, 1.54) is 6.20 Å². The molecular formula is C13H13NO3S. The first-order valence-corrected chi connectivity index (χ1v) is 6.46. The quantitative estimate of drug-likeness (QED) is 0.778. The lowest BCUT2D eigenvalue weighted by Gasteiger charge is -2.04. The summed E-state index contributed by atoms with van der Waals surface area (Å²) in [6.45, 7) is 2.61. The average molecular weight is 263 g/mol. The van der Waals surface area contributed by atoms with Crippen molar-refractivity contribution < 1.29 is 14.3 Å². The van der Waals surface area contributed by atoms with Gasteiger partial charge in [-0.05, 0) is 24.4 Å². The number of esters is 1. The standard InChI is InChI=1S/C13H13NO3S/c1-2-16-13(15)10-5-6-12(14-8-10)17-9-11-4-3-7-18-11/h3-8H,2,9H2,1H3. The van der Waals surface area contributed by atoms with Gasteiger partial charge in [0.2, 0.25) is 5.88 Å². The zero-order chi connectivity index (χ0) is 12.8. The summed E-state index contributed by atoms with van der Waals surface area (Å²) < 4.78 is 10.4. The molecule has 2 heterocycles. The van der Waals surface area contributed by atoms with Gasteiger partial charge in [0.1, 0.15) is 6.61 Å². The number of carbonyl (C=O) groups excluding carboxylic acids is 1. The average Bonchev–Trinajstić information content (AvgIpc) is 2.90. The van der Waals surface area contributed by atoms with Crippen LogP contribution in [-0.2, 0) is 11.3 Å². The van der Waals surface area contributed by atoms with Gasteiger partial charge in [-0.2, -0.15) is 0 Å². The van der Waals surface area contributed by atoms with Crippen LogP contribution >= 0.6 is 11.3 Å². The fourth-order valence-electron chi connectivity index (χ4n) is 1.34. The summed E-state index contributed by atoms with van der Waals surface area (Å²) in [7, 11) is 0. The van der Waals surface area contributed by atoms with Gasteiger partial charge in [-0.3, -0.25) is 0 Å². The monoisotopic (exact) mass is 263 g/mol. The highest BCUT2D eigenvalue weighted by atomic mass is 32.1. The minimum atomic E-state index is -0.366. The maximum atomic E-state index is 11.4. The molecule has 0 saturated heterocycles. The SMILES string of the molecule is CCOC(=O)c1ccc(OCc2cccs2)nc1. The Morgan fingerprint density at radius 1 is 1.39 bits per heavy atom. The molecule has 18 heavy (non-hydrogen) atoms. The molecule has 0 fully saturated rings. The summed E-state index contributed by atoms with van der Waals surface area (Å²) >= 11 is 1.63. The van der Waals surface area contributed by atoms with Crippen LogP contribution in [0.1, 0.15) is 22.2 Å². The summed E-state index contributed by atoms with van der Waals surface area (Å²) in [5.41, 5.74) is 0.431. The van der Waals surface area contributed by atoms with E-state index in [1.807, 2.05) is 17.5 Å². The van der Waals surface area contributed by atoms with E-state index in [0.717, 1.165) is 4.88 Å². The van der Waals surface area contributed by atoms with Crippen molar-refractivity contribution >= 4 is 17.3 Å². The molecular weight excluding hydrogens is 250 g/mol. The van der Waals surface area contributed by atoms with Crippen LogP contribution in [0.2, 0.25) is 0 Å². The number of hydrogen-bond acceptors (Lipinski definition) is 5. The van der Waals surface area contributed by atoms with E-state index >= 15 is 0 Å². The molecule has 2 aromatic rings. The van der Waals surface area contributed by atoms with E-state index in [-0.39, 0.29) is 5.97 Å². The number of aromatic nitrogens is 1. The molecule has 0 saturated carbocycles. The van der Waals surface area contributed by atoms with Gasteiger partial charge >= 0.3 is 5.97 Å². The van der Waals surface area contributed by atoms with Crippen LogP contribution in [0.4, 0.5) is 0 Å². The molecule has 0 bridgehead atoms. The fraction of sp³-hybridized carbons (Fsp3) is 0.231. The third kappa shape index (κ3) is 3.30. The molecule has 0 unspecified atom stereocenters. The van der Waals surface area contributed by atoms with Crippen LogP contribution in [0.15, 0.2) is 35.8 Å². The smallest absolute Gasteiger partial charge is 0.339 e. The van der Waals surface area contributed by atoms with Crippen molar-refractivity contribution in [2.75, 3.05) is 6.61 Å². The zero-order valence-corrected chi connectivity index (χ0v) is 10.8. The first kappa shape index (κ1) is 12.6. The molecule has 0 aliphatic heterocycles. The minimum absolute atomic E-state index is 0.357. The second-order valence-electron chi connectivity index (χ2n) is 3.47.